The lowest BCUT2D eigenvalue weighted by molar-refractivity contribution is 0.150. The highest BCUT2D eigenvalue weighted by Gasteiger charge is 2.08. The molecule has 6 heteroatoms. The zero-order valence-corrected chi connectivity index (χ0v) is 10.0. The van der Waals surface area contributed by atoms with Crippen molar-refractivity contribution in [3.8, 4) is 0 Å². The number of halogens is 1. The Kier molecular flexibility index (Phi) is 8.56. The molecule has 86 valence electrons. The number of sulfone groups is 1. The summed E-state index contributed by atoms with van der Waals surface area (Å²) in [5, 5.41) is 2.99. The van der Waals surface area contributed by atoms with Crippen molar-refractivity contribution in [2.24, 2.45) is 0 Å². The fourth-order valence-electron chi connectivity index (χ4n) is 0.861. The van der Waals surface area contributed by atoms with Gasteiger partial charge in [-0.1, -0.05) is 0 Å². The second kappa shape index (κ2) is 8.47. The number of alkyl halides is 1. The normalized spacial score (nSPS) is 11.9. The van der Waals surface area contributed by atoms with Crippen LogP contribution in [0.2, 0.25) is 0 Å². The summed E-state index contributed by atoms with van der Waals surface area (Å²) in [6.07, 6.45) is 0. The van der Waals surface area contributed by atoms with E-state index in [1.165, 1.54) is 0 Å². The molecule has 0 aliphatic heterocycles. The van der Waals surface area contributed by atoms with Crippen molar-refractivity contribution in [2.75, 3.05) is 43.7 Å². The minimum absolute atomic E-state index is 0.0572. The molecular formula is C8H18ClNO3S. The quantitative estimate of drug-likeness (QED) is 0.467. The molecule has 0 aliphatic carbocycles. The molecule has 0 unspecified atom stereocenters. The van der Waals surface area contributed by atoms with Crippen LogP contribution in [0.4, 0.5) is 0 Å². The zero-order valence-electron chi connectivity index (χ0n) is 8.46. The first-order chi connectivity index (χ1) is 6.62. The van der Waals surface area contributed by atoms with Crippen LogP contribution in [-0.4, -0.2) is 52.1 Å². The summed E-state index contributed by atoms with van der Waals surface area (Å²) in [5.74, 6) is 0.370. The van der Waals surface area contributed by atoms with Crippen LogP contribution < -0.4 is 5.32 Å². The van der Waals surface area contributed by atoms with Gasteiger partial charge in [0.1, 0.15) is 0 Å². The van der Waals surface area contributed by atoms with Gasteiger partial charge in [-0.15, -0.1) is 11.6 Å². The highest BCUT2D eigenvalue weighted by molar-refractivity contribution is 7.91. The molecule has 0 aromatic heterocycles. The Morgan fingerprint density at radius 1 is 1.29 bits per heavy atom. The van der Waals surface area contributed by atoms with Crippen molar-refractivity contribution in [1.82, 2.24) is 5.32 Å². The largest absolute Gasteiger partial charge is 0.380 e. The average molecular weight is 244 g/mol. The molecule has 0 atom stereocenters. The lowest BCUT2D eigenvalue weighted by Gasteiger charge is -2.04. The molecule has 0 radical (unpaired) electrons. The van der Waals surface area contributed by atoms with Gasteiger partial charge in [-0.2, -0.15) is 0 Å². The van der Waals surface area contributed by atoms with Crippen molar-refractivity contribution in [1.29, 1.82) is 0 Å². The second-order valence-corrected chi connectivity index (χ2v) is 5.47. The van der Waals surface area contributed by atoms with E-state index in [2.05, 4.69) is 5.32 Å². The first kappa shape index (κ1) is 14.2. The van der Waals surface area contributed by atoms with E-state index in [1.807, 2.05) is 6.92 Å². The molecule has 0 aliphatic rings. The van der Waals surface area contributed by atoms with Gasteiger partial charge in [0.05, 0.1) is 18.1 Å². The average Bonchev–Trinajstić information content (AvgIpc) is 2.11. The monoisotopic (exact) mass is 243 g/mol. The highest BCUT2D eigenvalue weighted by atomic mass is 35.5. The van der Waals surface area contributed by atoms with Gasteiger partial charge in [-0.05, 0) is 6.92 Å². The topological polar surface area (TPSA) is 55.4 Å². The van der Waals surface area contributed by atoms with Gasteiger partial charge in [0.25, 0.3) is 0 Å². The third-order valence-electron chi connectivity index (χ3n) is 1.61. The summed E-state index contributed by atoms with van der Waals surface area (Å²) in [4.78, 5) is 0. The predicted octanol–water partition coefficient (Wildman–Crippen LogP) is 0.266. The van der Waals surface area contributed by atoms with Crippen molar-refractivity contribution in [2.45, 2.75) is 6.92 Å². The first-order valence-electron chi connectivity index (χ1n) is 4.67. The molecule has 0 spiro atoms. The maximum atomic E-state index is 11.2. The number of nitrogens with one attached hydrogen (secondary N) is 1. The van der Waals surface area contributed by atoms with Crippen LogP contribution in [0.15, 0.2) is 0 Å². The molecule has 0 fully saturated rings. The standard InChI is InChI=1S/C8H18ClNO3S/c1-2-13-6-4-10-5-8-14(11,12)7-3-9/h10H,2-8H2,1H3. The van der Waals surface area contributed by atoms with Crippen LogP contribution in [0.25, 0.3) is 0 Å². The first-order valence-corrected chi connectivity index (χ1v) is 7.03. The van der Waals surface area contributed by atoms with Crippen molar-refractivity contribution in [3.63, 3.8) is 0 Å². The molecule has 0 aromatic carbocycles. The number of rotatable bonds is 9. The summed E-state index contributed by atoms with van der Waals surface area (Å²) in [6.45, 7) is 4.37. The van der Waals surface area contributed by atoms with E-state index in [1.54, 1.807) is 0 Å². The van der Waals surface area contributed by atoms with E-state index in [0.717, 1.165) is 0 Å². The van der Waals surface area contributed by atoms with E-state index >= 15 is 0 Å². The van der Waals surface area contributed by atoms with Gasteiger partial charge in [-0.3, -0.25) is 0 Å². The second-order valence-electron chi connectivity index (χ2n) is 2.79. The molecular weight excluding hydrogens is 226 g/mol. The minimum Gasteiger partial charge on any atom is -0.380 e. The van der Waals surface area contributed by atoms with Crippen molar-refractivity contribution in [3.05, 3.63) is 0 Å². The third-order valence-corrected chi connectivity index (χ3v) is 3.67. The number of ether oxygens (including phenoxy) is 1. The Morgan fingerprint density at radius 3 is 2.57 bits per heavy atom. The molecule has 0 aromatic rings. The van der Waals surface area contributed by atoms with Gasteiger partial charge in [0, 0.05) is 25.6 Å². The Hall–Kier alpha value is 0.160. The molecule has 0 amide bonds. The maximum Gasteiger partial charge on any atom is 0.152 e. The SMILES string of the molecule is CCOCCNCCS(=O)(=O)CCCl. The van der Waals surface area contributed by atoms with Crippen molar-refractivity contribution < 1.29 is 13.2 Å². The van der Waals surface area contributed by atoms with E-state index in [9.17, 15) is 8.42 Å². The Bertz CT molecular complexity index is 219. The third kappa shape index (κ3) is 8.74. The van der Waals surface area contributed by atoms with Crippen LogP contribution in [-0.2, 0) is 14.6 Å². The summed E-state index contributed by atoms with van der Waals surface area (Å²) < 4.78 is 27.4. The molecule has 4 nitrogen and oxygen atoms in total. The summed E-state index contributed by atoms with van der Waals surface area (Å²) >= 11 is 5.35. The highest BCUT2D eigenvalue weighted by Crippen LogP contribution is 1.90. The lowest BCUT2D eigenvalue weighted by Crippen LogP contribution is -2.27. The maximum absolute atomic E-state index is 11.2. The predicted molar refractivity (Wildman–Crippen MR) is 58.7 cm³/mol. The van der Waals surface area contributed by atoms with Gasteiger partial charge in [-0.25, -0.2) is 8.42 Å². The van der Waals surface area contributed by atoms with E-state index in [4.69, 9.17) is 16.3 Å². The van der Waals surface area contributed by atoms with E-state index in [-0.39, 0.29) is 17.4 Å². The van der Waals surface area contributed by atoms with Crippen LogP contribution >= 0.6 is 11.6 Å². The van der Waals surface area contributed by atoms with Gasteiger partial charge in [0.15, 0.2) is 9.84 Å². The van der Waals surface area contributed by atoms with Crippen LogP contribution in [0.1, 0.15) is 6.92 Å². The van der Waals surface area contributed by atoms with Gasteiger partial charge in [0.2, 0.25) is 0 Å². The Morgan fingerprint density at radius 2 is 2.00 bits per heavy atom. The number of hydrogen-bond acceptors (Lipinski definition) is 4. The van der Waals surface area contributed by atoms with Crippen LogP contribution in [0.5, 0.6) is 0 Å². The summed E-state index contributed by atoms with van der Waals surface area (Å²) in [5.41, 5.74) is 0. The molecule has 0 heterocycles. The minimum atomic E-state index is -2.96. The Labute approximate surface area is 90.9 Å². The lowest BCUT2D eigenvalue weighted by atomic mass is 10.6. The smallest absolute Gasteiger partial charge is 0.152 e. The molecule has 1 N–H and O–H groups in total. The van der Waals surface area contributed by atoms with Crippen LogP contribution in [0, 0.1) is 0 Å². The summed E-state index contributed by atoms with van der Waals surface area (Å²) in [6, 6.07) is 0. The van der Waals surface area contributed by atoms with E-state index in [0.29, 0.717) is 26.3 Å². The van der Waals surface area contributed by atoms with Crippen LogP contribution in [0.3, 0.4) is 0 Å². The molecule has 0 rings (SSSR count). The molecule has 0 saturated carbocycles. The molecule has 14 heavy (non-hydrogen) atoms. The Balaban J connectivity index is 3.35. The van der Waals surface area contributed by atoms with Gasteiger partial charge < -0.3 is 10.1 Å². The number of hydrogen-bond donors (Lipinski definition) is 1. The summed E-state index contributed by atoms with van der Waals surface area (Å²) in [7, 11) is -2.96. The fraction of sp³-hybridized carbons (Fsp3) is 1.00. The molecule has 0 saturated heterocycles. The fourth-order valence-corrected chi connectivity index (χ4v) is 2.46. The van der Waals surface area contributed by atoms with E-state index < -0.39 is 9.84 Å². The molecule has 0 bridgehead atoms. The van der Waals surface area contributed by atoms with Gasteiger partial charge >= 0.3 is 0 Å². The van der Waals surface area contributed by atoms with Crippen molar-refractivity contribution >= 4 is 21.4 Å². The zero-order chi connectivity index (χ0) is 10.9.